The maximum absolute atomic E-state index is 12.2. The van der Waals surface area contributed by atoms with Gasteiger partial charge >= 0.3 is 11.9 Å². The van der Waals surface area contributed by atoms with Gasteiger partial charge in [0.05, 0.1) is 6.61 Å². The van der Waals surface area contributed by atoms with Crippen LogP contribution >= 0.6 is 0 Å². The fourth-order valence-electron chi connectivity index (χ4n) is 1.21. The minimum Gasteiger partial charge on any atom is -0.465 e. The van der Waals surface area contributed by atoms with Gasteiger partial charge in [-0.25, -0.2) is 0 Å². The average Bonchev–Trinajstić information content (AvgIpc) is 2.23. The Morgan fingerprint density at radius 3 is 2.00 bits per heavy atom. The summed E-state index contributed by atoms with van der Waals surface area (Å²) < 4.78 is 34.2. The SMILES string of the molecule is CCOC(=O)C(C)(CC=C(F)F)C(=O)OC(C)(C)C. The van der Waals surface area contributed by atoms with Crippen LogP contribution in [0.1, 0.15) is 41.0 Å². The Kier molecular flexibility index (Phi) is 6.12. The highest BCUT2D eigenvalue weighted by molar-refractivity contribution is 5.99. The average molecular weight is 278 g/mol. The van der Waals surface area contributed by atoms with Crippen LogP contribution in [0.2, 0.25) is 0 Å². The molecule has 19 heavy (non-hydrogen) atoms. The van der Waals surface area contributed by atoms with Crippen molar-refractivity contribution in [2.45, 2.75) is 46.6 Å². The number of rotatable bonds is 5. The first kappa shape index (κ1) is 17.5. The summed E-state index contributed by atoms with van der Waals surface area (Å²) in [5, 5.41) is 0. The second-order valence-corrected chi connectivity index (χ2v) is 5.25. The first-order valence-electron chi connectivity index (χ1n) is 5.94. The minimum absolute atomic E-state index is 0.0546. The number of hydrogen-bond donors (Lipinski definition) is 0. The van der Waals surface area contributed by atoms with E-state index in [0.717, 1.165) is 0 Å². The predicted molar refractivity (Wildman–Crippen MR) is 65.5 cm³/mol. The van der Waals surface area contributed by atoms with E-state index in [4.69, 9.17) is 9.47 Å². The highest BCUT2D eigenvalue weighted by atomic mass is 19.3. The van der Waals surface area contributed by atoms with E-state index in [1.165, 1.54) is 6.92 Å². The topological polar surface area (TPSA) is 52.6 Å². The Morgan fingerprint density at radius 1 is 1.11 bits per heavy atom. The third kappa shape index (κ3) is 5.81. The van der Waals surface area contributed by atoms with Crippen LogP contribution in [-0.2, 0) is 19.1 Å². The number of allylic oxidation sites excluding steroid dienone is 1. The van der Waals surface area contributed by atoms with Crippen molar-refractivity contribution in [2.24, 2.45) is 5.41 Å². The summed E-state index contributed by atoms with van der Waals surface area (Å²) >= 11 is 0. The molecule has 0 spiro atoms. The largest absolute Gasteiger partial charge is 0.465 e. The molecule has 0 heterocycles. The minimum atomic E-state index is -1.96. The summed E-state index contributed by atoms with van der Waals surface area (Å²) in [6.45, 7) is 7.74. The van der Waals surface area contributed by atoms with Crippen LogP contribution in [0.15, 0.2) is 12.2 Å². The van der Waals surface area contributed by atoms with Crippen molar-refractivity contribution in [2.75, 3.05) is 6.61 Å². The van der Waals surface area contributed by atoms with Gasteiger partial charge in [-0.3, -0.25) is 9.59 Å². The summed E-state index contributed by atoms with van der Waals surface area (Å²) in [5.74, 6) is -1.75. The van der Waals surface area contributed by atoms with Gasteiger partial charge in [-0.05, 0) is 47.1 Å². The number of ether oxygens (including phenoxy) is 2. The first-order valence-corrected chi connectivity index (χ1v) is 5.94. The third-order valence-corrected chi connectivity index (χ3v) is 2.24. The van der Waals surface area contributed by atoms with E-state index in [2.05, 4.69) is 0 Å². The van der Waals surface area contributed by atoms with Gasteiger partial charge in [-0.2, -0.15) is 8.78 Å². The van der Waals surface area contributed by atoms with Gasteiger partial charge < -0.3 is 9.47 Å². The van der Waals surface area contributed by atoms with Gasteiger partial charge in [0.2, 0.25) is 0 Å². The van der Waals surface area contributed by atoms with Crippen molar-refractivity contribution in [3.63, 3.8) is 0 Å². The molecule has 0 saturated carbocycles. The molecule has 0 amide bonds. The quantitative estimate of drug-likeness (QED) is 0.573. The molecule has 1 unspecified atom stereocenters. The van der Waals surface area contributed by atoms with Crippen LogP contribution in [0.4, 0.5) is 8.78 Å². The predicted octanol–water partition coefficient (Wildman–Crippen LogP) is 3.07. The highest BCUT2D eigenvalue weighted by Gasteiger charge is 2.45. The summed E-state index contributed by atoms with van der Waals surface area (Å²) in [4.78, 5) is 23.8. The van der Waals surface area contributed by atoms with Gasteiger partial charge in [0.25, 0.3) is 6.08 Å². The van der Waals surface area contributed by atoms with E-state index in [1.807, 2.05) is 0 Å². The lowest BCUT2D eigenvalue weighted by molar-refractivity contribution is -0.177. The van der Waals surface area contributed by atoms with E-state index in [0.29, 0.717) is 6.08 Å². The molecule has 0 aromatic carbocycles. The smallest absolute Gasteiger partial charge is 0.324 e. The molecule has 0 aliphatic carbocycles. The Labute approximate surface area is 111 Å². The molecule has 0 aliphatic rings. The summed E-state index contributed by atoms with van der Waals surface area (Å²) in [7, 11) is 0. The molecule has 4 nitrogen and oxygen atoms in total. The molecule has 6 heteroatoms. The zero-order valence-electron chi connectivity index (χ0n) is 11.9. The normalized spacial score (nSPS) is 14.3. The molecule has 0 rings (SSSR count). The summed E-state index contributed by atoms with van der Waals surface area (Å²) in [6, 6.07) is 0. The van der Waals surface area contributed by atoms with Crippen molar-refractivity contribution < 1.29 is 27.8 Å². The van der Waals surface area contributed by atoms with Crippen LogP contribution in [-0.4, -0.2) is 24.1 Å². The fraction of sp³-hybridized carbons (Fsp3) is 0.692. The maximum Gasteiger partial charge on any atom is 0.324 e. The first-order chi connectivity index (χ1) is 8.53. The molecule has 0 bridgehead atoms. The Morgan fingerprint density at radius 2 is 1.63 bits per heavy atom. The van der Waals surface area contributed by atoms with Gasteiger partial charge in [-0.1, -0.05) is 0 Å². The van der Waals surface area contributed by atoms with E-state index in [9.17, 15) is 18.4 Å². The Hall–Kier alpha value is -1.46. The molecular weight excluding hydrogens is 258 g/mol. The molecule has 110 valence electrons. The van der Waals surface area contributed by atoms with Crippen LogP contribution in [0, 0.1) is 5.41 Å². The van der Waals surface area contributed by atoms with Gasteiger partial charge in [0, 0.05) is 0 Å². The molecule has 0 N–H and O–H groups in total. The standard InChI is InChI=1S/C13H20F2O4/c1-6-18-10(16)13(5,8-7-9(14)15)11(17)19-12(2,3)4/h7H,6,8H2,1-5H3. The third-order valence-electron chi connectivity index (χ3n) is 2.24. The molecular formula is C13H20F2O4. The Bertz CT molecular complexity index is 367. The lowest BCUT2D eigenvalue weighted by Crippen LogP contribution is -2.42. The molecule has 0 aromatic rings. The number of esters is 2. The number of carbonyl (C=O) groups excluding carboxylic acids is 2. The van der Waals surface area contributed by atoms with Crippen LogP contribution in [0.5, 0.6) is 0 Å². The van der Waals surface area contributed by atoms with Crippen molar-refractivity contribution in [3.8, 4) is 0 Å². The van der Waals surface area contributed by atoms with Crippen molar-refractivity contribution in [3.05, 3.63) is 12.2 Å². The van der Waals surface area contributed by atoms with Crippen LogP contribution in [0.3, 0.4) is 0 Å². The molecule has 0 aliphatic heterocycles. The van der Waals surface area contributed by atoms with Gasteiger partial charge in [-0.15, -0.1) is 0 Å². The number of carbonyl (C=O) groups is 2. The van der Waals surface area contributed by atoms with Crippen LogP contribution in [0.25, 0.3) is 0 Å². The van der Waals surface area contributed by atoms with E-state index in [-0.39, 0.29) is 6.61 Å². The zero-order valence-corrected chi connectivity index (χ0v) is 11.9. The second kappa shape index (κ2) is 6.63. The second-order valence-electron chi connectivity index (χ2n) is 5.25. The number of halogens is 2. The monoisotopic (exact) mass is 278 g/mol. The van der Waals surface area contributed by atoms with E-state index in [1.54, 1.807) is 27.7 Å². The lowest BCUT2D eigenvalue weighted by atomic mass is 9.86. The van der Waals surface area contributed by atoms with Gasteiger partial charge in [0.1, 0.15) is 5.60 Å². The van der Waals surface area contributed by atoms with Crippen LogP contribution < -0.4 is 0 Å². The van der Waals surface area contributed by atoms with Crippen molar-refractivity contribution in [1.29, 1.82) is 0 Å². The van der Waals surface area contributed by atoms with E-state index >= 15 is 0 Å². The van der Waals surface area contributed by atoms with E-state index < -0.39 is 35.5 Å². The Balaban J connectivity index is 5.20. The molecule has 0 fully saturated rings. The summed E-state index contributed by atoms with van der Waals surface area (Å²) in [6.07, 6.45) is -1.91. The van der Waals surface area contributed by atoms with Crippen molar-refractivity contribution >= 4 is 11.9 Å². The molecule has 0 aromatic heterocycles. The molecule has 0 radical (unpaired) electrons. The molecule has 0 saturated heterocycles. The van der Waals surface area contributed by atoms with Crippen molar-refractivity contribution in [1.82, 2.24) is 0 Å². The maximum atomic E-state index is 12.2. The van der Waals surface area contributed by atoms with Gasteiger partial charge in [0.15, 0.2) is 5.41 Å². The molecule has 1 atom stereocenters. The lowest BCUT2D eigenvalue weighted by Gasteiger charge is -2.28. The zero-order chi connectivity index (χ0) is 15.3. The summed E-state index contributed by atoms with van der Waals surface area (Å²) in [5.41, 5.74) is -2.59. The number of hydrogen-bond acceptors (Lipinski definition) is 4. The highest BCUT2D eigenvalue weighted by Crippen LogP contribution is 2.29. The fourth-order valence-corrected chi connectivity index (χ4v) is 1.21.